The zero-order valence-corrected chi connectivity index (χ0v) is 13.5. The monoisotopic (exact) mass is 292 g/mol. The number of β-amino-alcohol motifs (C(OH)–C–C–N with tert-alkyl or cyclic N) is 1. The van der Waals surface area contributed by atoms with Gasteiger partial charge >= 0.3 is 0 Å². The lowest BCUT2D eigenvalue weighted by Gasteiger charge is -2.37. The highest BCUT2D eigenvalue weighted by Gasteiger charge is 2.22. The largest absolute Gasteiger partial charge is 0.494 e. The van der Waals surface area contributed by atoms with Gasteiger partial charge in [0.25, 0.3) is 0 Å². The number of hydrogen-bond donors (Lipinski definition) is 1. The molecule has 0 aliphatic carbocycles. The molecule has 4 nitrogen and oxygen atoms in total. The van der Waals surface area contributed by atoms with Crippen molar-refractivity contribution in [2.45, 2.75) is 32.9 Å². The second-order valence-corrected chi connectivity index (χ2v) is 6.44. The zero-order valence-electron chi connectivity index (χ0n) is 13.5. The number of piperazine rings is 1. The van der Waals surface area contributed by atoms with E-state index in [9.17, 15) is 5.11 Å². The maximum atomic E-state index is 9.87. The Bertz CT molecular complexity index is 417. The van der Waals surface area contributed by atoms with E-state index in [1.807, 2.05) is 32.9 Å². The van der Waals surface area contributed by atoms with Gasteiger partial charge in [0.05, 0.1) is 12.2 Å². The summed E-state index contributed by atoms with van der Waals surface area (Å²) < 4.78 is 5.47. The summed E-state index contributed by atoms with van der Waals surface area (Å²) in [5.74, 6) is 0.941. The van der Waals surface area contributed by atoms with Crippen molar-refractivity contribution >= 4 is 0 Å². The van der Waals surface area contributed by atoms with Crippen LogP contribution in [0.25, 0.3) is 0 Å². The van der Waals surface area contributed by atoms with E-state index in [0.29, 0.717) is 6.61 Å². The Labute approximate surface area is 128 Å². The van der Waals surface area contributed by atoms with Crippen LogP contribution in [0.2, 0.25) is 0 Å². The summed E-state index contributed by atoms with van der Waals surface area (Å²) in [7, 11) is 0. The molecule has 0 aromatic heterocycles. The van der Waals surface area contributed by atoms with Gasteiger partial charge in [-0.3, -0.25) is 9.80 Å². The highest BCUT2D eigenvalue weighted by Crippen LogP contribution is 2.15. The van der Waals surface area contributed by atoms with Crippen molar-refractivity contribution in [1.82, 2.24) is 9.80 Å². The minimum atomic E-state index is -0.600. The molecule has 1 aromatic rings. The van der Waals surface area contributed by atoms with Crippen molar-refractivity contribution in [3.63, 3.8) is 0 Å². The fourth-order valence-corrected chi connectivity index (χ4v) is 2.77. The number of hydrogen-bond acceptors (Lipinski definition) is 4. The molecule has 0 amide bonds. The molecule has 1 N–H and O–H groups in total. The van der Waals surface area contributed by atoms with Gasteiger partial charge < -0.3 is 9.84 Å². The SMILES string of the molecule is CCOc1ccc(CN2CCN(CC(C)(C)O)CC2)cc1. The Hall–Kier alpha value is -1.10. The second-order valence-electron chi connectivity index (χ2n) is 6.44. The third kappa shape index (κ3) is 5.65. The number of benzene rings is 1. The summed E-state index contributed by atoms with van der Waals surface area (Å²) in [6.45, 7) is 12.4. The van der Waals surface area contributed by atoms with Crippen LogP contribution in [0.3, 0.4) is 0 Å². The minimum absolute atomic E-state index is 0.600. The van der Waals surface area contributed by atoms with Gasteiger partial charge in [-0.15, -0.1) is 0 Å². The van der Waals surface area contributed by atoms with Gasteiger partial charge in [0.15, 0.2) is 0 Å². The molecule has 1 aliphatic rings. The van der Waals surface area contributed by atoms with Gasteiger partial charge in [0, 0.05) is 39.3 Å². The standard InChI is InChI=1S/C17H28N2O2/c1-4-21-16-7-5-15(6-8-16)13-18-9-11-19(12-10-18)14-17(2,3)20/h5-8,20H,4,9-14H2,1-3H3. The van der Waals surface area contributed by atoms with Gasteiger partial charge in [0.2, 0.25) is 0 Å². The van der Waals surface area contributed by atoms with E-state index in [4.69, 9.17) is 4.74 Å². The number of nitrogens with zero attached hydrogens (tertiary/aromatic N) is 2. The molecule has 0 saturated carbocycles. The first kappa shape index (κ1) is 16.3. The molecule has 1 aromatic carbocycles. The van der Waals surface area contributed by atoms with Crippen LogP contribution in [0.4, 0.5) is 0 Å². The van der Waals surface area contributed by atoms with Gasteiger partial charge in [-0.05, 0) is 38.5 Å². The normalized spacial score (nSPS) is 17.9. The average molecular weight is 292 g/mol. The molecule has 1 heterocycles. The topological polar surface area (TPSA) is 35.9 Å². The van der Waals surface area contributed by atoms with E-state index >= 15 is 0 Å². The van der Waals surface area contributed by atoms with E-state index in [2.05, 4.69) is 21.9 Å². The summed E-state index contributed by atoms with van der Waals surface area (Å²) in [5.41, 5.74) is 0.728. The highest BCUT2D eigenvalue weighted by molar-refractivity contribution is 5.27. The Kier molecular flexibility index (Phi) is 5.62. The molecule has 0 bridgehead atoms. The van der Waals surface area contributed by atoms with Crippen LogP contribution < -0.4 is 4.74 Å². The van der Waals surface area contributed by atoms with E-state index in [1.54, 1.807) is 0 Å². The Balaban J connectivity index is 1.78. The van der Waals surface area contributed by atoms with Crippen LogP contribution in [-0.4, -0.2) is 59.8 Å². The molecule has 0 radical (unpaired) electrons. The Morgan fingerprint density at radius 1 is 1.05 bits per heavy atom. The quantitative estimate of drug-likeness (QED) is 0.869. The van der Waals surface area contributed by atoms with E-state index in [-0.39, 0.29) is 0 Å². The Morgan fingerprint density at radius 2 is 1.62 bits per heavy atom. The fraction of sp³-hybridized carbons (Fsp3) is 0.647. The van der Waals surface area contributed by atoms with Crippen LogP contribution in [-0.2, 0) is 6.54 Å². The van der Waals surface area contributed by atoms with Crippen LogP contribution in [0.5, 0.6) is 5.75 Å². The molecule has 4 heteroatoms. The van der Waals surface area contributed by atoms with Crippen molar-refractivity contribution in [1.29, 1.82) is 0 Å². The minimum Gasteiger partial charge on any atom is -0.494 e. The number of aliphatic hydroxyl groups is 1. The zero-order chi connectivity index (χ0) is 15.3. The van der Waals surface area contributed by atoms with E-state index < -0.39 is 5.60 Å². The predicted molar refractivity (Wildman–Crippen MR) is 85.6 cm³/mol. The first-order chi connectivity index (χ1) is 9.96. The van der Waals surface area contributed by atoms with E-state index in [0.717, 1.165) is 45.0 Å². The summed E-state index contributed by atoms with van der Waals surface area (Å²) in [6.07, 6.45) is 0. The van der Waals surface area contributed by atoms with Crippen LogP contribution in [0.15, 0.2) is 24.3 Å². The molecule has 21 heavy (non-hydrogen) atoms. The first-order valence-corrected chi connectivity index (χ1v) is 7.85. The molecule has 1 saturated heterocycles. The van der Waals surface area contributed by atoms with Crippen molar-refractivity contribution in [3.8, 4) is 5.75 Å². The summed E-state index contributed by atoms with van der Waals surface area (Å²) in [4.78, 5) is 4.81. The molecular weight excluding hydrogens is 264 g/mol. The smallest absolute Gasteiger partial charge is 0.119 e. The summed E-state index contributed by atoms with van der Waals surface area (Å²) in [5, 5.41) is 9.87. The predicted octanol–water partition coefficient (Wildman–Crippen LogP) is 1.97. The van der Waals surface area contributed by atoms with Crippen LogP contribution >= 0.6 is 0 Å². The van der Waals surface area contributed by atoms with Crippen molar-refractivity contribution in [2.75, 3.05) is 39.3 Å². The fourth-order valence-electron chi connectivity index (χ4n) is 2.77. The maximum absolute atomic E-state index is 9.87. The average Bonchev–Trinajstić information content (AvgIpc) is 2.42. The van der Waals surface area contributed by atoms with Crippen molar-refractivity contribution in [2.24, 2.45) is 0 Å². The molecule has 0 spiro atoms. The van der Waals surface area contributed by atoms with Crippen LogP contribution in [0, 0.1) is 0 Å². The lowest BCUT2D eigenvalue weighted by atomic mass is 10.1. The highest BCUT2D eigenvalue weighted by atomic mass is 16.5. The van der Waals surface area contributed by atoms with Gasteiger partial charge in [-0.25, -0.2) is 0 Å². The molecule has 0 atom stereocenters. The van der Waals surface area contributed by atoms with Gasteiger partial charge in [-0.2, -0.15) is 0 Å². The molecule has 1 aliphatic heterocycles. The molecular formula is C17H28N2O2. The van der Waals surface area contributed by atoms with Crippen LogP contribution in [0.1, 0.15) is 26.3 Å². The first-order valence-electron chi connectivity index (χ1n) is 7.85. The van der Waals surface area contributed by atoms with Crippen molar-refractivity contribution in [3.05, 3.63) is 29.8 Å². The maximum Gasteiger partial charge on any atom is 0.119 e. The lowest BCUT2D eigenvalue weighted by Crippen LogP contribution is -2.50. The number of rotatable bonds is 6. The van der Waals surface area contributed by atoms with Gasteiger partial charge in [-0.1, -0.05) is 12.1 Å². The van der Waals surface area contributed by atoms with Crippen molar-refractivity contribution < 1.29 is 9.84 Å². The third-order valence-corrected chi connectivity index (χ3v) is 3.72. The second kappa shape index (κ2) is 7.25. The number of ether oxygens (including phenoxy) is 1. The third-order valence-electron chi connectivity index (χ3n) is 3.72. The molecule has 2 rings (SSSR count). The van der Waals surface area contributed by atoms with Gasteiger partial charge in [0.1, 0.15) is 5.75 Å². The Morgan fingerprint density at radius 3 is 2.14 bits per heavy atom. The van der Waals surface area contributed by atoms with E-state index in [1.165, 1.54) is 5.56 Å². The summed E-state index contributed by atoms with van der Waals surface area (Å²) >= 11 is 0. The molecule has 118 valence electrons. The lowest BCUT2D eigenvalue weighted by molar-refractivity contribution is 0.0167. The summed E-state index contributed by atoms with van der Waals surface area (Å²) in [6, 6.07) is 8.38. The molecule has 0 unspecified atom stereocenters. The molecule has 1 fully saturated rings.